The van der Waals surface area contributed by atoms with Crippen molar-refractivity contribution in [2.45, 2.75) is 31.2 Å². The molecule has 1 aliphatic rings. The first kappa shape index (κ1) is 19.9. The third-order valence-corrected chi connectivity index (χ3v) is 6.30. The van der Waals surface area contributed by atoms with Gasteiger partial charge in [0.05, 0.1) is 5.56 Å². The number of hydrogen-bond acceptors (Lipinski definition) is 4. The van der Waals surface area contributed by atoms with Gasteiger partial charge in [-0.1, -0.05) is 0 Å². The lowest BCUT2D eigenvalue weighted by Gasteiger charge is -2.18. The Morgan fingerprint density at radius 3 is 2.36 bits per heavy atom. The average molecular weight is 408 g/mol. The van der Waals surface area contributed by atoms with Crippen LogP contribution in [0, 0.1) is 11.6 Å². The topological polar surface area (TPSA) is 83.6 Å². The van der Waals surface area contributed by atoms with Gasteiger partial charge in [0.15, 0.2) is 0 Å². The molecule has 1 aliphatic heterocycles. The number of halogens is 2. The van der Waals surface area contributed by atoms with Crippen molar-refractivity contribution < 1.29 is 26.8 Å². The van der Waals surface area contributed by atoms with Gasteiger partial charge in [0.1, 0.15) is 16.5 Å². The first-order valence-electron chi connectivity index (χ1n) is 8.57. The molecule has 0 fully saturated rings. The quantitative estimate of drug-likeness (QED) is 0.824. The second kappa shape index (κ2) is 7.31. The van der Waals surface area contributed by atoms with Crippen LogP contribution in [0.15, 0.2) is 41.3 Å². The lowest BCUT2D eigenvalue weighted by Crippen LogP contribution is -2.36. The number of benzene rings is 2. The number of amides is 2. The van der Waals surface area contributed by atoms with Crippen LogP contribution in [-0.4, -0.2) is 37.1 Å². The van der Waals surface area contributed by atoms with E-state index in [1.807, 2.05) is 0 Å². The van der Waals surface area contributed by atoms with Crippen LogP contribution in [0.5, 0.6) is 0 Å². The van der Waals surface area contributed by atoms with Crippen LogP contribution >= 0.6 is 0 Å². The van der Waals surface area contributed by atoms with Gasteiger partial charge in [0, 0.05) is 24.2 Å². The van der Waals surface area contributed by atoms with Crippen LogP contribution in [-0.2, 0) is 16.4 Å². The van der Waals surface area contributed by atoms with Crippen molar-refractivity contribution in [1.29, 1.82) is 0 Å². The van der Waals surface area contributed by atoms with E-state index < -0.39 is 39.5 Å². The minimum atomic E-state index is -4.00. The molecule has 0 radical (unpaired) electrons. The Labute approximate surface area is 161 Å². The number of carbonyl (C=O) groups is 2. The highest BCUT2D eigenvalue weighted by atomic mass is 32.2. The molecule has 1 N–H and O–H groups in total. The fraction of sp³-hybridized carbons (Fsp3) is 0.263. The molecule has 148 valence electrons. The summed E-state index contributed by atoms with van der Waals surface area (Å²) in [6.07, 6.45) is 0.198. The number of nitrogens with one attached hydrogen (secondary N) is 1. The molecule has 2 aromatic rings. The van der Waals surface area contributed by atoms with Gasteiger partial charge in [0.2, 0.25) is 0 Å². The normalized spacial score (nSPS) is 15.0. The zero-order valence-corrected chi connectivity index (χ0v) is 16.0. The zero-order chi connectivity index (χ0) is 20.6. The highest BCUT2D eigenvalue weighted by molar-refractivity contribution is 7.90. The van der Waals surface area contributed by atoms with Gasteiger partial charge >= 0.3 is 0 Å². The van der Waals surface area contributed by atoms with Crippen molar-refractivity contribution in [3.8, 4) is 0 Å². The third kappa shape index (κ3) is 3.62. The minimum absolute atomic E-state index is 0.0282. The second-order valence-corrected chi connectivity index (χ2v) is 8.48. The third-order valence-electron chi connectivity index (χ3n) is 4.30. The predicted octanol–water partition coefficient (Wildman–Crippen LogP) is 2.49. The van der Waals surface area contributed by atoms with Crippen LogP contribution in [0.3, 0.4) is 0 Å². The lowest BCUT2D eigenvalue weighted by atomic mass is 10.1. The van der Waals surface area contributed by atoms with Gasteiger partial charge in [-0.05, 0) is 56.2 Å². The molecular weight excluding hydrogens is 390 g/mol. The van der Waals surface area contributed by atoms with E-state index in [4.69, 9.17) is 0 Å². The van der Waals surface area contributed by atoms with Crippen molar-refractivity contribution in [1.82, 2.24) is 9.62 Å². The van der Waals surface area contributed by atoms with Crippen LogP contribution in [0.25, 0.3) is 0 Å². The second-order valence-electron chi connectivity index (χ2n) is 6.69. The molecule has 0 spiro atoms. The van der Waals surface area contributed by atoms with Crippen LogP contribution < -0.4 is 5.32 Å². The summed E-state index contributed by atoms with van der Waals surface area (Å²) in [5.74, 6) is -2.58. The van der Waals surface area contributed by atoms with E-state index in [2.05, 4.69) is 5.32 Å². The molecule has 2 aromatic carbocycles. The van der Waals surface area contributed by atoms with E-state index in [1.165, 1.54) is 30.3 Å². The van der Waals surface area contributed by atoms with Gasteiger partial charge in [-0.25, -0.2) is 21.5 Å². The summed E-state index contributed by atoms with van der Waals surface area (Å²) in [4.78, 5) is 24.4. The van der Waals surface area contributed by atoms with Crippen molar-refractivity contribution in [3.05, 3.63) is 64.7 Å². The van der Waals surface area contributed by atoms with Gasteiger partial charge < -0.3 is 5.32 Å². The van der Waals surface area contributed by atoms with Crippen LogP contribution in [0.1, 0.15) is 40.1 Å². The average Bonchev–Trinajstić information content (AvgIpc) is 2.79. The molecule has 0 saturated heterocycles. The molecule has 3 rings (SSSR count). The van der Waals surface area contributed by atoms with E-state index in [0.29, 0.717) is 5.56 Å². The van der Waals surface area contributed by atoms with E-state index in [0.717, 1.165) is 10.4 Å². The number of hydrogen-bond donors (Lipinski definition) is 1. The lowest BCUT2D eigenvalue weighted by molar-refractivity contribution is 0.0845. The Balaban J connectivity index is 1.75. The van der Waals surface area contributed by atoms with E-state index in [1.54, 1.807) is 13.8 Å². The fourth-order valence-electron chi connectivity index (χ4n) is 3.08. The Hall–Kier alpha value is -2.81. The Morgan fingerprint density at radius 1 is 1.11 bits per heavy atom. The Bertz CT molecular complexity index is 1050. The molecule has 0 atom stereocenters. The summed E-state index contributed by atoms with van der Waals surface area (Å²) in [5.41, 5.74) is 0.485. The number of nitrogens with zero attached hydrogens (tertiary/aromatic N) is 1. The summed E-state index contributed by atoms with van der Waals surface area (Å²) in [7, 11) is -4.00. The summed E-state index contributed by atoms with van der Waals surface area (Å²) >= 11 is 0. The Morgan fingerprint density at radius 2 is 1.75 bits per heavy atom. The fourth-order valence-corrected chi connectivity index (χ4v) is 4.87. The summed E-state index contributed by atoms with van der Waals surface area (Å²) in [6, 6.07) is 6.40. The zero-order valence-electron chi connectivity index (χ0n) is 15.2. The Kier molecular flexibility index (Phi) is 5.20. The SMILES string of the molecule is CC(C)N1C(=O)c2ccc(C(=O)NCCc3cc(F)cc(F)c3)cc2S1(=O)=O. The first-order chi connectivity index (χ1) is 13.1. The predicted molar refractivity (Wildman–Crippen MR) is 97.3 cm³/mol. The molecule has 0 unspecified atom stereocenters. The van der Waals surface area contributed by atoms with Gasteiger partial charge in [-0.2, -0.15) is 0 Å². The van der Waals surface area contributed by atoms with Crippen molar-refractivity contribution in [2.75, 3.05) is 6.54 Å². The molecule has 28 heavy (non-hydrogen) atoms. The van der Waals surface area contributed by atoms with Crippen molar-refractivity contribution in [2.24, 2.45) is 0 Å². The molecule has 9 heteroatoms. The van der Waals surface area contributed by atoms with Gasteiger partial charge in [-0.15, -0.1) is 0 Å². The monoisotopic (exact) mass is 408 g/mol. The molecule has 0 saturated carbocycles. The molecule has 1 heterocycles. The number of carbonyl (C=O) groups excluding carboxylic acids is 2. The molecule has 2 amide bonds. The smallest absolute Gasteiger partial charge is 0.269 e. The molecular formula is C19H18F2N2O4S. The van der Waals surface area contributed by atoms with E-state index >= 15 is 0 Å². The summed E-state index contributed by atoms with van der Waals surface area (Å²) < 4.78 is 52.3. The van der Waals surface area contributed by atoms with Crippen molar-refractivity contribution >= 4 is 21.8 Å². The molecule has 0 aliphatic carbocycles. The van der Waals surface area contributed by atoms with Gasteiger partial charge in [0.25, 0.3) is 21.8 Å². The van der Waals surface area contributed by atoms with Gasteiger partial charge in [-0.3, -0.25) is 9.59 Å². The summed E-state index contributed by atoms with van der Waals surface area (Å²) in [5, 5.41) is 2.57. The standard InChI is InChI=1S/C19H18F2N2O4S/c1-11(2)23-19(25)16-4-3-13(9-17(16)28(23,26)27)18(24)22-6-5-12-7-14(20)10-15(21)8-12/h3-4,7-11H,5-6H2,1-2H3,(H,22,24). The summed E-state index contributed by atoms with van der Waals surface area (Å²) in [6.45, 7) is 3.27. The van der Waals surface area contributed by atoms with E-state index in [9.17, 15) is 26.8 Å². The molecule has 0 bridgehead atoms. The highest BCUT2D eigenvalue weighted by Crippen LogP contribution is 2.32. The maximum absolute atomic E-state index is 13.2. The largest absolute Gasteiger partial charge is 0.352 e. The maximum atomic E-state index is 13.2. The van der Waals surface area contributed by atoms with Crippen molar-refractivity contribution in [3.63, 3.8) is 0 Å². The number of sulfonamides is 1. The highest BCUT2D eigenvalue weighted by Gasteiger charge is 2.42. The van der Waals surface area contributed by atoms with Crippen LogP contribution in [0.2, 0.25) is 0 Å². The minimum Gasteiger partial charge on any atom is -0.352 e. The maximum Gasteiger partial charge on any atom is 0.269 e. The number of rotatable bonds is 5. The van der Waals surface area contributed by atoms with Crippen LogP contribution in [0.4, 0.5) is 8.78 Å². The molecule has 0 aromatic heterocycles. The number of fused-ring (bicyclic) bond motifs is 1. The first-order valence-corrected chi connectivity index (χ1v) is 10.0. The molecule has 6 nitrogen and oxygen atoms in total. The van der Waals surface area contributed by atoms with E-state index in [-0.39, 0.29) is 29.0 Å².